The molecule has 0 saturated carbocycles. The molecule has 2 heterocycles. The number of aromatic nitrogens is 1. The molecule has 1 aliphatic rings. The molecule has 0 fully saturated rings. The minimum Gasteiger partial charge on any atom is -0.436 e. The highest BCUT2D eigenvalue weighted by molar-refractivity contribution is 5.77. The fraction of sp³-hybridized carbons (Fsp3) is 0.235. The number of hydrogen-bond acceptors (Lipinski definition) is 3. The summed E-state index contributed by atoms with van der Waals surface area (Å²) >= 11 is 0. The summed E-state index contributed by atoms with van der Waals surface area (Å²) in [7, 11) is 0. The van der Waals surface area contributed by atoms with Gasteiger partial charge in [0.05, 0.1) is 0 Å². The van der Waals surface area contributed by atoms with E-state index in [0.29, 0.717) is 5.89 Å². The van der Waals surface area contributed by atoms with Gasteiger partial charge in [0.25, 0.3) is 0 Å². The Balaban J connectivity index is 1.81. The zero-order valence-electron chi connectivity index (χ0n) is 11.4. The lowest BCUT2D eigenvalue weighted by molar-refractivity contribution is 0.619. The number of aryl methyl sites for hydroxylation is 1. The normalized spacial score (nSPS) is 13.8. The topological polar surface area (TPSA) is 38.1 Å². The molecule has 1 aromatic heterocycles. The van der Waals surface area contributed by atoms with Crippen LogP contribution >= 0.6 is 0 Å². The van der Waals surface area contributed by atoms with Crippen molar-refractivity contribution >= 4 is 11.1 Å². The summed E-state index contributed by atoms with van der Waals surface area (Å²) in [6, 6.07) is 12.7. The second kappa shape index (κ2) is 4.46. The molecule has 0 aliphatic carbocycles. The Hall–Kier alpha value is -2.13. The smallest absolute Gasteiger partial charge is 0.227 e. The molecule has 0 radical (unpaired) electrons. The van der Waals surface area contributed by atoms with Crippen molar-refractivity contribution in [2.45, 2.75) is 26.4 Å². The van der Waals surface area contributed by atoms with Crippen molar-refractivity contribution < 1.29 is 4.42 Å². The van der Waals surface area contributed by atoms with E-state index in [1.165, 1.54) is 16.7 Å². The van der Waals surface area contributed by atoms with Gasteiger partial charge in [0.15, 0.2) is 5.58 Å². The number of benzene rings is 2. The monoisotopic (exact) mass is 264 g/mol. The number of oxazole rings is 1. The molecule has 0 atom stereocenters. The molecule has 100 valence electrons. The largest absolute Gasteiger partial charge is 0.436 e. The minimum atomic E-state index is 0.711. The van der Waals surface area contributed by atoms with E-state index in [4.69, 9.17) is 4.42 Å². The number of nitrogens with one attached hydrogen (secondary N) is 1. The van der Waals surface area contributed by atoms with Crippen molar-refractivity contribution in [2.24, 2.45) is 0 Å². The van der Waals surface area contributed by atoms with Gasteiger partial charge in [-0.15, -0.1) is 0 Å². The maximum absolute atomic E-state index is 5.88. The average molecular weight is 264 g/mol. The predicted octanol–water partition coefficient (Wildman–Crippen LogP) is 3.66. The van der Waals surface area contributed by atoms with Gasteiger partial charge in [-0.3, -0.25) is 0 Å². The van der Waals surface area contributed by atoms with Crippen LogP contribution in [0, 0.1) is 0 Å². The maximum atomic E-state index is 5.88. The van der Waals surface area contributed by atoms with Crippen molar-refractivity contribution in [1.82, 2.24) is 10.3 Å². The average Bonchev–Trinajstić information content (AvgIpc) is 3.11. The van der Waals surface area contributed by atoms with E-state index >= 15 is 0 Å². The van der Waals surface area contributed by atoms with E-state index in [0.717, 1.165) is 36.2 Å². The van der Waals surface area contributed by atoms with Crippen LogP contribution in [0.4, 0.5) is 0 Å². The first-order chi connectivity index (χ1) is 9.83. The molecule has 0 spiro atoms. The summed E-state index contributed by atoms with van der Waals surface area (Å²) in [5, 5.41) is 3.36. The molecule has 0 bridgehead atoms. The number of rotatable bonds is 2. The molecule has 3 aromatic rings. The van der Waals surface area contributed by atoms with Gasteiger partial charge in [-0.2, -0.15) is 0 Å². The predicted molar refractivity (Wildman–Crippen MR) is 79.4 cm³/mol. The highest BCUT2D eigenvalue weighted by Gasteiger charge is 2.14. The molecular weight excluding hydrogens is 248 g/mol. The van der Waals surface area contributed by atoms with Gasteiger partial charge in [-0.1, -0.05) is 19.1 Å². The molecule has 0 unspecified atom stereocenters. The number of hydrogen-bond donors (Lipinski definition) is 1. The van der Waals surface area contributed by atoms with Crippen LogP contribution in [0.2, 0.25) is 0 Å². The standard InChI is InChI=1S/C17H16N2O/c1-2-11-3-6-16-15(7-11)19-17(20-16)12-4-5-13-9-18-10-14(13)8-12/h3-8,18H,2,9-10H2,1H3. The van der Waals surface area contributed by atoms with Gasteiger partial charge in [-0.25, -0.2) is 4.98 Å². The van der Waals surface area contributed by atoms with Gasteiger partial charge in [-0.05, 0) is 47.4 Å². The third kappa shape index (κ3) is 1.82. The van der Waals surface area contributed by atoms with Crippen molar-refractivity contribution in [3.8, 4) is 11.5 Å². The summed E-state index contributed by atoms with van der Waals surface area (Å²) in [6.07, 6.45) is 1.02. The molecule has 4 rings (SSSR count). The first-order valence-electron chi connectivity index (χ1n) is 7.06. The van der Waals surface area contributed by atoms with Crippen LogP contribution < -0.4 is 5.32 Å². The highest BCUT2D eigenvalue weighted by atomic mass is 16.3. The lowest BCUT2D eigenvalue weighted by Crippen LogP contribution is -1.99. The lowest BCUT2D eigenvalue weighted by Gasteiger charge is -1.99. The fourth-order valence-corrected chi connectivity index (χ4v) is 2.74. The Bertz CT molecular complexity index is 789. The first-order valence-corrected chi connectivity index (χ1v) is 7.06. The van der Waals surface area contributed by atoms with E-state index in [2.05, 4.69) is 47.6 Å². The van der Waals surface area contributed by atoms with Crippen LogP contribution in [0.3, 0.4) is 0 Å². The third-order valence-corrected chi connectivity index (χ3v) is 3.94. The Morgan fingerprint density at radius 3 is 2.90 bits per heavy atom. The Morgan fingerprint density at radius 2 is 2.00 bits per heavy atom. The summed E-state index contributed by atoms with van der Waals surface area (Å²) in [5.74, 6) is 0.711. The Labute approximate surface area is 117 Å². The molecule has 3 heteroatoms. The van der Waals surface area contributed by atoms with E-state index < -0.39 is 0 Å². The summed E-state index contributed by atoms with van der Waals surface area (Å²) in [5.41, 5.74) is 6.86. The van der Waals surface area contributed by atoms with E-state index in [-0.39, 0.29) is 0 Å². The fourth-order valence-electron chi connectivity index (χ4n) is 2.74. The first kappa shape index (κ1) is 11.7. The van der Waals surface area contributed by atoms with Crippen molar-refractivity contribution in [3.63, 3.8) is 0 Å². The summed E-state index contributed by atoms with van der Waals surface area (Å²) < 4.78 is 5.88. The molecule has 1 aliphatic heterocycles. The van der Waals surface area contributed by atoms with Gasteiger partial charge < -0.3 is 9.73 Å². The quantitative estimate of drug-likeness (QED) is 0.767. The van der Waals surface area contributed by atoms with Gasteiger partial charge in [0, 0.05) is 18.7 Å². The molecule has 3 nitrogen and oxygen atoms in total. The van der Waals surface area contributed by atoms with Crippen LogP contribution in [0.1, 0.15) is 23.6 Å². The van der Waals surface area contributed by atoms with Crippen molar-refractivity contribution in [3.05, 3.63) is 53.1 Å². The Morgan fingerprint density at radius 1 is 1.10 bits per heavy atom. The second-order valence-corrected chi connectivity index (χ2v) is 5.26. The van der Waals surface area contributed by atoms with Crippen LogP contribution in [-0.2, 0) is 19.5 Å². The minimum absolute atomic E-state index is 0.711. The molecule has 0 saturated heterocycles. The van der Waals surface area contributed by atoms with Crippen LogP contribution in [0.15, 0.2) is 40.8 Å². The molecule has 2 aromatic carbocycles. The van der Waals surface area contributed by atoms with Gasteiger partial charge >= 0.3 is 0 Å². The summed E-state index contributed by atoms with van der Waals surface area (Å²) in [4.78, 5) is 4.63. The Kier molecular flexibility index (Phi) is 2.60. The SMILES string of the molecule is CCc1ccc2oc(-c3ccc4c(c3)CNC4)nc2c1. The van der Waals surface area contributed by atoms with Gasteiger partial charge in [0.1, 0.15) is 5.52 Å². The summed E-state index contributed by atoms with van der Waals surface area (Å²) in [6.45, 7) is 4.04. The van der Waals surface area contributed by atoms with E-state index in [1.807, 2.05) is 6.07 Å². The van der Waals surface area contributed by atoms with Crippen LogP contribution in [0.25, 0.3) is 22.6 Å². The second-order valence-electron chi connectivity index (χ2n) is 5.26. The van der Waals surface area contributed by atoms with E-state index in [9.17, 15) is 0 Å². The third-order valence-electron chi connectivity index (χ3n) is 3.94. The molecular formula is C17H16N2O. The lowest BCUT2D eigenvalue weighted by atomic mass is 10.1. The van der Waals surface area contributed by atoms with Crippen molar-refractivity contribution in [2.75, 3.05) is 0 Å². The van der Waals surface area contributed by atoms with Gasteiger partial charge in [0.2, 0.25) is 5.89 Å². The van der Waals surface area contributed by atoms with Crippen LogP contribution in [0.5, 0.6) is 0 Å². The highest BCUT2D eigenvalue weighted by Crippen LogP contribution is 2.28. The number of fused-ring (bicyclic) bond motifs is 2. The molecule has 0 amide bonds. The van der Waals surface area contributed by atoms with Crippen LogP contribution in [-0.4, -0.2) is 4.98 Å². The van der Waals surface area contributed by atoms with Crippen molar-refractivity contribution in [1.29, 1.82) is 0 Å². The number of nitrogens with zero attached hydrogens (tertiary/aromatic N) is 1. The zero-order valence-corrected chi connectivity index (χ0v) is 11.4. The maximum Gasteiger partial charge on any atom is 0.227 e. The molecule has 1 N–H and O–H groups in total. The molecule has 20 heavy (non-hydrogen) atoms. The van der Waals surface area contributed by atoms with E-state index in [1.54, 1.807) is 0 Å². The zero-order chi connectivity index (χ0) is 13.5.